The Kier molecular flexibility index (Phi) is 5.75. The van der Waals surface area contributed by atoms with Gasteiger partial charge in [-0.1, -0.05) is 24.3 Å². The number of carbonyl (C=O) groups excluding carboxylic acids is 1. The van der Waals surface area contributed by atoms with Crippen LogP contribution in [-0.4, -0.2) is 22.9 Å². The average molecular weight is 439 g/mol. The van der Waals surface area contributed by atoms with Crippen molar-refractivity contribution in [2.24, 2.45) is 0 Å². The highest BCUT2D eigenvalue weighted by molar-refractivity contribution is 6.07. The number of amides is 1. The monoisotopic (exact) mass is 439 g/mol. The molecule has 1 amide bonds. The molecule has 3 aromatic rings. The number of nitrogens with zero attached hydrogens (tertiary/aromatic N) is 3. The summed E-state index contributed by atoms with van der Waals surface area (Å²) < 4.78 is 78.8. The summed E-state index contributed by atoms with van der Waals surface area (Å²) in [6, 6.07) is 7.81. The number of hydrogen-bond acceptors (Lipinski definition) is 3. The van der Waals surface area contributed by atoms with Crippen LogP contribution in [0.5, 0.6) is 0 Å². The van der Waals surface area contributed by atoms with Crippen LogP contribution >= 0.6 is 0 Å². The molecule has 0 saturated carbocycles. The molecule has 0 atom stereocenters. The Morgan fingerprint density at radius 1 is 0.935 bits per heavy atom. The number of hydrogen-bond donors (Lipinski definition) is 0. The maximum atomic E-state index is 13.1. The van der Waals surface area contributed by atoms with Crippen molar-refractivity contribution in [3.8, 4) is 11.3 Å². The fourth-order valence-corrected chi connectivity index (χ4v) is 3.00. The lowest BCUT2D eigenvalue weighted by atomic mass is 10.0. The van der Waals surface area contributed by atoms with Crippen molar-refractivity contribution in [3.05, 3.63) is 77.2 Å². The third-order valence-corrected chi connectivity index (χ3v) is 4.59. The molecule has 10 heteroatoms. The minimum absolute atomic E-state index is 0.0266. The van der Waals surface area contributed by atoms with E-state index in [1.54, 1.807) is 31.2 Å². The maximum Gasteiger partial charge on any atom is 0.416 e. The first kappa shape index (κ1) is 22.3. The van der Waals surface area contributed by atoms with E-state index in [0.717, 1.165) is 10.5 Å². The van der Waals surface area contributed by atoms with Gasteiger partial charge in [-0.2, -0.15) is 26.3 Å². The molecule has 0 bridgehead atoms. The molecule has 1 heterocycles. The van der Waals surface area contributed by atoms with Crippen LogP contribution in [0.15, 0.2) is 55.0 Å². The van der Waals surface area contributed by atoms with E-state index in [1.165, 1.54) is 19.6 Å². The second-order valence-electron chi connectivity index (χ2n) is 6.73. The minimum atomic E-state index is -5.06. The zero-order valence-corrected chi connectivity index (χ0v) is 16.2. The van der Waals surface area contributed by atoms with Gasteiger partial charge in [0.2, 0.25) is 0 Å². The fraction of sp³-hybridized carbons (Fsp3) is 0.190. The molecule has 0 aliphatic carbocycles. The molecule has 0 unspecified atom stereocenters. The molecule has 1 aromatic heterocycles. The van der Waals surface area contributed by atoms with E-state index >= 15 is 0 Å². The quantitative estimate of drug-likeness (QED) is 0.487. The van der Waals surface area contributed by atoms with E-state index in [0.29, 0.717) is 23.4 Å². The largest absolute Gasteiger partial charge is 0.416 e. The maximum absolute atomic E-state index is 13.1. The molecular weight excluding hydrogens is 424 g/mol. The zero-order chi connectivity index (χ0) is 23.0. The van der Waals surface area contributed by atoms with Gasteiger partial charge in [0.15, 0.2) is 0 Å². The van der Waals surface area contributed by atoms with E-state index in [1.807, 2.05) is 0 Å². The van der Waals surface area contributed by atoms with Gasteiger partial charge in [-0.05, 0) is 30.7 Å². The highest BCUT2D eigenvalue weighted by atomic mass is 19.4. The van der Waals surface area contributed by atoms with Gasteiger partial charge in [-0.15, -0.1) is 0 Å². The molecule has 0 aliphatic rings. The highest BCUT2D eigenvalue weighted by Crippen LogP contribution is 2.37. The van der Waals surface area contributed by atoms with Crippen LogP contribution in [0.4, 0.5) is 32.0 Å². The smallest absolute Gasteiger partial charge is 0.308 e. The Morgan fingerprint density at radius 3 is 2.06 bits per heavy atom. The second kappa shape index (κ2) is 8.01. The standard InChI is InChI=1S/C21H15F6N3O/c1-12-5-3-4-6-16(12)18-17(10-28-11-29-18)30(2)19(31)13-7-14(20(22,23)24)9-15(8-13)21(25,26)27/h3-11H,1-2H3. The SMILES string of the molecule is Cc1ccccc1-c1ncncc1N(C)C(=O)c1cc(C(F)(F)F)cc(C(F)(F)F)c1. The number of benzene rings is 2. The van der Waals surface area contributed by atoms with Crippen molar-refractivity contribution < 1.29 is 31.1 Å². The van der Waals surface area contributed by atoms with E-state index < -0.39 is 35.0 Å². The van der Waals surface area contributed by atoms with E-state index in [9.17, 15) is 31.1 Å². The van der Waals surface area contributed by atoms with Crippen molar-refractivity contribution in [3.63, 3.8) is 0 Å². The van der Waals surface area contributed by atoms with E-state index in [-0.39, 0.29) is 11.8 Å². The topological polar surface area (TPSA) is 46.1 Å². The number of carbonyl (C=O) groups is 1. The third-order valence-electron chi connectivity index (χ3n) is 4.59. The van der Waals surface area contributed by atoms with Crippen LogP contribution in [0.25, 0.3) is 11.3 Å². The van der Waals surface area contributed by atoms with Gasteiger partial charge in [-0.3, -0.25) is 4.79 Å². The van der Waals surface area contributed by atoms with Gasteiger partial charge in [0.25, 0.3) is 5.91 Å². The normalized spacial score (nSPS) is 12.0. The van der Waals surface area contributed by atoms with Gasteiger partial charge < -0.3 is 4.90 Å². The molecule has 3 rings (SSSR count). The lowest BCUT2D eigenvalue weighted by Crippen LogP contribution is -2.28. The Labute approximate surface area is 173 Å². The molecule has 0 N–H and O–H groups in total. The number of halogens is 6. The molecule has 0 spiro atoms. The van der Waals surface area contributed by atoms with E-state index in [2.05, 4.69) is 9.97 Å². The first-order valence-electron chi connectivity index (χ1n) is 8.83. The Hall–Kier alpha value is -3.43. The van der Waals surface area contributed by atoms with Gasteiger partial charge in [0.05, 0.1) is 28.7 Å². The van der Waals surface area contributed by atoms with Crippen molar-refractivity contribution in [2.75, 3.05) is 11.9 Å². The first-order chi connectivity index (χ1) is 14.4. The Morgan fingerprint density at radius 2 is 1.52 bits per heavy atom. The van der Waals surface area contributed by atoms with Crippen LogP contribution in [0.3, 0.4) is 0 Å². The van der Waals surface area contributed by atoms with Crippen LogP contribution in [0, 0.1) is 6.92 Å². The van der Waals surface area contributed by atoms with E-state index in [4.69, 9.17) is 0 Å². The predicted octanol–water partition coefficient (Wildman–Crippen LogP) is 5.77. The third kappa shape index (κ3) is 4.68. The lowest BCUT2D eigenvalue weighted by Gasteiger charge is -2.21. The molecule has 0 saturated heterocycles. The molecule has 4 nitrogen and oxygen atoms in total. The summed E-state index contributed by atoms with van der Waals surface area (Å²) in [4.78, 5) is 21.8. The van der Waals surface area contributed by atoms with Crippen LogP contribution in [0.2, 0.25) is 0 Å². The fourth-order valence-electron chi connectivity index (χ4n) is 3.00. The molecule has 31 heavy (non-hydrogen) atoms. The second-order valence-corrected chi connectivity index (χ2v) is 6.73. The predicted molar refractivity (Wildman–Crippen MR) is 101 cm³/mol. The summed E-state index contributed by atoms with van der Waals surface area (Å²) in [7, 11) is 1.23. The zero-order valence-electron chi connectivity index (χ0n) is 16.2. The first-order valence-corrected chi connectivity index (χ1v) is 8.83. The number of rotatable bonds is 3. The molecular formula is C21H15F6N3O. The highest BCUT2D eigenvalue weighted by Gasteiger charge is 2.38. The van der Waals surface area contributed by atoms with Crippen LogP contribution < -0.4 is 4.90 Å². The molecule has 162 valence electrons. The molecule has 0 fully saturated rings. The summed E-state index contributed by atoms with van der Waals surface area (Å²) in [5.74, 6) is -1.07. The van der Waals surface area contributed by atoms with Gasteiger partial charge >= 0.3 is 12.4 Å². The van der Waals surface area contributed by atoms with Gasteiger partial charge in [0.1, 0.15) is 6.33 Å². The van der Waals surface area contributed by atoms with Crippen molar-refractivity contribution in [1.82, 2.24) is 9.97 Å². The molecule has 0 radical (unpaired) electrons. The minimum Gasteiger partial charge on any atom is -0.308 e. The van der Waals surface area contributed by atoms with Crippen molar-refractivity contribution in [2.45, 2.75) is 19.3 Å². The molecule has 2 aromatic carbocycles. The van der Waals surface area contributed by atoms with Crippen LogP contribution in [0.1, 0.15) is 27.0 Å². The van der Waals surface area contributed by atoms with Gasteiger partial charge in [0, 0.05) is 18.2 Å². The Bertz CT molecular complexity index is 1090. The summed E-state index contributed by atoms with van der Waals surface area (Å²) >= 11 is 0. The molecule has 0 aliphatic heterocycles. The lowest BCUT2D eigenvalue weighted by molar-refractivity contribution is -0.143. The summed E-state index contributed by atoms with van der Waals surface area (Å²) in [5, 5.41) is 0. The number of alkyl halides is 6. The van der Waals surface area contributed by atoms with Crippen molar-refractivity contribution in [1.29, 1.82) is 0 Å². The van der Waals surface area contributed by atoms with Crippen LogP contribution in [-0.2, 0) is 12.4 Å². The van der Waals surface area contributed by atoms with Gasteiger partial charge in [-0.25, -0.2) is 9.97 Å². The average Bonchev–Trinajstić information content (AvgIpc) is 2.71. The Balaban J connectivity index is 2.10. The summed E-state index contributed by atoms with van der Waals surface area (Å²) in [6.07, 6.45) is -7.62. The number of anilines is 1. The summed E-state index contributed by atoms with van der Waals surface area (Å²) in [6.45, 7) is 1.80. The number of aryl methyl sites for hydroxylation is 1. The summed E-state index contributed by atoms with van der Waals surface area (Å²) in [5.41, 5.74) is -2.00. The number of aromatic nitrogens is 2. The van der Waals surface area contributed by atoms with Crippen molar-refractivity contribution >= 4 is 11.6 Å².